The van der Waals surface area contributed by atoms with Gasteiger partial charge in [0.25, 0.3) is 0 Å². The van der Waals surface area contributed by atoms with Crippen molar-refractivity contribution in [3.63, 3.8) is 0 Å². The van der Waals surface area contributed by atoms with E-state index in [1.807, 2.05) is 30.3 Å². The summed E-state index contributed by atoms with van der Waals surface area (Å²) in [5, 5.41) is 12.6. The third-order valence-electron chi connectivity index (χ3n) is 7.06. The molecule has 1 saturated heterocycles. The molecule has 35 heavy (non-hydrogen) atoms. The number of carbonyl (C=O) groups is 1. The third-order valence-corrected chi connectivity index (χ3v) is 8.94. The van der Waals surface area contributed by atoms with Crippen LogP contribution in [0.1, 0.15) is 53.7 Å². The molecule has 1 aliphatic carbocycles. The molecule has 8 heteroatoms. The molecule has 0 spiro atoms. The molecule has 2 aliphatic rings. The molecule has 7 nitrogen and oxygen atoms in total. The van der Waals surface area contributed by atoms with Gasteiger partial charge < -0.3 is 16.2 Å². The maximum Gasteiger partial charge on any atom is 0.249 e. The van der Waals surface area contributed by atoms with E-state index in [2.05, 4.69) is 17.5 Å². The van der Waals surface area contributed by atoms with Crippen molar-refractivity contribution in [1.82, 2.24) is 9.62 Å². The Balaban J connectivity index is 1.57. The Morgan fingerprint density at radius 1 is 1.17 bits per heavy atom. The summed E-state index contributed by atoms with van der Waals surface area (Å²) < 4.78 is 26.1. The van der Waals surface area contributed by atoms with Gasteiger partial charge in [0.2, 0.25) is 15.9 Å². The molecule has 1 fully saturated rings. The summed E-state index contributed by atoms with van der Waals surface area (Å²) in [4.78, 5) is 12.3. The summed E-state index contributed by atoms with van der Waals surface area (Å²) in [7, 11) is -3.17. The zero-order valence-corrected chi connectivity index (χ0v) is 21.3. The van der Waals surface area contributed by atoms with E-state index in [-0.39, 0.29) is 11.7 Å². The van der Waals surface area contributed by atoms with Crippen molar-refractivity contribution in [3.8, 4) is 11.1 Å². The largest absolute Gasteiger partial charge is 0.392 e. The van der Waals surface area contributed by atoms with Gasteiger partial charge in [0.05, 0.1) is 11.9 Å². The summed E-state index contributed by atoms with van der Waals surface area (Å²) in [6.45, 7) is 5.69. The van der Waals surface area contributed by atoms with Crippen molar-refractivity contribution in [3.05, 3.63) is 64.7 Å². The van der Waals surface area contributed by atoms with E-state index >= 15 is 0 Å². The summed E-state index contributed by atoms with van der Waals surface area (Å²) in [5.74, 6) is -0.0392. The second kappa shape index (κ2) is 10.6. The van der Waals surface area contributed by atoms with Crippen molar-refractivity contribution < 1.29 is 18.3 Å². The van der Waals surface area contributed by atoms with Crippen LogP contribution in [-0.2, 0) is 23.0 Å². The second-order valence-electron chi connectivity index (χ2n) is 9.53. The average molecular weight is 498 g/mol. The lowest BCUT2D eigenvalue weighted by Crippen LogP contribution is -2.39. The molecule has 0 aromatic heterocycles. The number of sulfonamides is 1. The number of aliphatic hydroxyl groups is 1. The molecule has 1 atom stereocenters. The van der Waals surface area contributed by atoms with Gasteiger partial charge in [-0.25, -0.2) is 12.7 Å². The van der Waals surface area contributed by atoms with Crippen LogP contribution in [-0.4, -0.2) is 55.2 Å². The molecule has 1 heterocycles. The molecule has 1 aliphatic heterocycles. The van der Waals surface area contributed by atoms with Crippen molar-refractivity contribution in [2.75, 3.05) is 25.4 Å². The van der Waals surface area contributed by atoms with Gasteiger partial charge in [0.1, 0.15) is 0 Å². The molecule has 2 aromatic rings. The molecule has 188 valence electrons. The third kappa shape index (κ3) is 5.67. The maximum absolute atomic E-state index is 12.3. The van der Waals surface area contributed by atoms with Gasteiger partial charge in [0, 0.05) is 31.7 Å². The van der Waals surface area contributed by atoms with Crippen LogP contribution in [0.5, 0.6) is 0 Å². The summed E-state index contributed by atoms with van der Waals surface area (Å²) in [5.41, 5.74) is 12.6. The van der Waals surface area contributed by atoms with Crippen LogP contribution in [0.25, 0.3) is 16.7 Å². The number of piperidine rings is 1. The Morgan fingerprint density at radius 3 is 2.46 bits per heavy atom. The number of carbonyl (C=O) groups excluding carboxylic acids is 1. The summed E-state index contributed by atoms with van der Waals surface area (Å²) in [6.07, 6.45) is 4.01. The lowest BCUT2D eigenvalue weighted by Gasteiger charge is -2.32. The first-order valence-electron chi connectivity index (χ1n) is 12.3. The molecule has 4 N–H and O–H groups in total. The number of hydrogen-bond donors (Lipinski definition) is 3. The second-order valence-corrected chi connectivity index (χ2v) is 11.8. The highest BCUT2D eigenvalue weighted by Crippen LogP contribution is 2.41. The Morgan fingerprint density at radius 2 is 1.86 bits per heavy atom. The van der Waals surface area contributed by atoms with Gasteiger partial charge in [-0.05, 0) is 84.6 Å². The van der Waals surface area contributed by atoms with Gasteiger partial charge in [-0.1, -0.05) is 30.3 Å². The van der Waals surface area contributed by atoms with Crippen molar-refractivity contribution in [2.45, 2.75) is 45.8 Å². The fourth-order valence-corrected chi connectivity index (χ4v) is 6.24. The molecule has 4 rings (SSSR count). The van der Waals surface area contributed by atoms with Crippen LogP contribution in [0.4, 0.5) is 0 Å². The molecule has 0 radical (unpaired) electrons. The zero-order valence-electron chi connectivity index (χ0n) is 20.5. The Kier molecular flexibility index (Phi) is 7.76. The van der Waals surface area contributed by atoms with Gasteiger partial charge >= 0.3 is 0 Å². The average Bonchev–Trinajstić information content (AvgIpc) is 3.27. The number of fused-ring (bicyclic) bond motifs is 1. The highest BCUT2D eigenvalue weighted by Gasteiger charge is 2.32. The molecular weight excluding hydrogens is 462 g/mol. The molecule has 2 aromatic carbocycles. The zero-order chi connectivity index (χ0) is 25.2. The van der Waals surface area contributed by atoms with E-state index in [1.165, 1.54) is 5.57 Å². The van der Waals surface area contributed by atoms with Gasteiger partial charge in [-0.3, -0.25) is 4.79 Å². The van der Waals surface area contributed by atoms with E-state index < -0.39 is 22.0 Å². The fourth-order valence-electron chi connectivity index (χ4n) is 5.11. The molecule has 1 amide bonds. The minimum atomic E-state index is -3.17. The first kappa shape index (κ1) is 25.6. The molecule has 0 bridgehead atoms. The number of allylic oxidation sites excluding steroid dienone is 2. The van der Waals surface area contributed by atoms with Crippen LogP contribution < -0.4 is 11.1 Å². The summed E-state index contributed by atoms with van der Waals surface area (Å²) in [6, 6.07) is 12.2. The first-order chi connectivity index (χ1) is 16.7. The van der Waals surface area contributed by atoms with E-state index in [0.717, 1.165) is 40.7 Å². The lowest BCUT2D eigenvalue weighted by atomic mass is 9.84. The number of benzene rings is 2. The van der Waals surface area contributed by atoms with Crippen molar-refractivity contribution >= 4 is 21.5 Å². The van der Waals surface area contributed by atoms with Crippen LogP contribution in [0.2, 0.25) is 0 Å². The number of amides is 1. The Labute approximate surface area is 208 Å². The van der Waals surface area contributed by atoms with E-state index in [9.17, 15) is 18.3 Å². The normalized spacial score (nSPS) is 17.7. The molecule has 0 saturated carbocycles. The smallest absolute Gasteiger partial charge is 0.249 e. The molecule has 0 unspecified atom stereocenters. The Hall–Kier alpha value is -2.52. The number of primary amides is 1. The number of nitrogens with zero attached hydrogens (tertiary/aromatic N) is 1. The topological polar surface area (TPSA) is 113 Å². The quantitative estimate of drug-likeness (QED) is 0.493. The fraction of sp³-hybridized carbons (Fsp3) is 0.444. The minimum Gasteiger partial charge on any atom is -0.392 e. The lowest BCUT2D eigenvalue weighted by molar-refractivity contribution is 0.0999. The standard InChI is InChI=1S/C27H35N3O4S/c1-3-35(33,34)30-12-10-21(11-13-30)23-8-9-24-25(23)14-22(15-26(24)27(28)32)20-6-4-19(5-7-20)17-29-16-18(2)31/h4-8,14-15,18,21,29,31H,3,9-13,16-17H2,1-2H3,(H2,28,32)/t18-/m1/s1. The number of nitrogens with two attached hydrogens (primary N) is 1. The number of aliphatic hydroxyl groups excluding tert-OH is 1. The predicted molar refractivity (Wildman–Crippen MR) is 139 cm³/mol. The SMILES string of the molecule is CCS(=O)(=O)N1CCC(C2=CCc3c(C(N)=O)cc(-c4ccc(CNC[C@@H](C)O)cc4)cc32)CC1. The highest BCUT2D eigenvalue weighted by molar-refractivity contribution is 7.89. The summed E-state index contributed by atoms with van der Waals surface area (Å²) >= 11 is 0. The van der Waals surface area contributed by atoms with E-state index in [0.29, 0.717) is 38.2 Å². The first-order valence-corrected chi connectivity index (χ1v) is 13.9. The van der Waals surface area contributed by atoms with Gasteiger partial charge in [0.15, 0.2) is 0 Å². The predicted octanol–water partition coefficient (Wildman–Crippen LogP) is 2.92. The van der Waals surface area contributed by atoms with Crippen LogP contribution in [0.3, 0.4) is 0 Å². The van der Waals surface area contributed by atoms with E-state index in [1.54, 1.807) is 18.2 Å². The number of nitrogens with one attached hydrogen (secondary N) is 1. The van der Waals surface area contributed by atoms with Gasteiger partial charge in [-0.15, -0.1) is 0 Å². The Bertz CT molecular complexity index is 1210. The van der Waals surface area contributed by atoms with Crippen LogP contribution >= 0.6 is 0 Å². The van der Waals surface area contributed by atoms with Gasteiger partial charge in [-0.2, -0.15) is 0 Å². The number of rotatable bonds is 9. The number of hydrogen-bond acceptors (Lipinski definition) is 5. The van der Waals surface area contributed by atoms with Crippen molar-refractivity contribution in [2.24, 2.45) is 11.7 Å². The van der Waals surface area contributed by atoms with Crippen LogP contribution in [0.15, 0.2) is 42.5 Å². The monoisotopic (exact) mass is 497 g/mol. The maximum atomic E-state index is 12.3. The van der Waals surface area contributed by atoms with Crippen molar-refractivity contribution in [1.29, 1.82) is 0 Å². The van der Waals surface area contributed by atoms with E-state index in [4.69, 9.17) is 5.73 Å². The molecular formula is C27H35N3O4S. The highest BCUT2D eigenvalue weighted by atomic mass is 32.2. The minimum absolute atomic E-state index is 0.129. The van der Waals surface area contributed by atoms with Crippen LogP contribution in [0, 0.1) is 5.92 Å².